The molecule has 4 nitrogen and oxygen atoms in total. The minimum absolute atomic E-state index is 0.409. The predicted molar refractivity (Wildman–Crippen MR) is 106 cm³/mol. The standard InChI is InChI=1S/C21H26N2O2S/c1-22-8-10-23(11-9-22)17-12-15-13-18(24-2)19(25-3)14-21(15)26-20-7-5-4-6-16(17)20/h4-7,13-14,17H,8-12H2,1-3H3. The number of ether oxygens (including phenoxy) is 2. The van der Waals surface area contributed by atoms with Crippen LogP contribution in [0, 0.1) is 0 Å². The minimum Gasteiger partial charge on any atom is -0.493 e. The van der Waals surface area contributed by atoms with E-state index in [0.29, 0.717) is 6.04 Å². The molecule has 26 heavy (non-hydrogen) atoms. The zero-order valence-corrected chi connectivity index (χ0v) is 16.5. The number of fused-ring (bicyclic) bond motifs is 2. The van der Waals surface area contributed by atoms with Crippen LogP contribution in [-0.4, -0.2) is 57.2 Å². The Labute approximate surface area is 160 Å². The summed E-state index contributed by atoms with van der Waals surface area (Å²) in [5.41, 5.74) is 2.78. The van der Waals surface area contributed by atoms with Crippen LogP contribution in [0.3, 0.4) is 0 Å². The fourth-order valence-electron chi connectivity index (χ4n) is 3.90. The van der Waals surface area contributed by atoms with Gasteiger partial charge in [0.15, 0.2) is 11.5 Å². The second-order valence-corrected chi connectivity index (χ2v) is 8.10. The highest BCUT2D eigenvalue weighted by Crippen LogP contribution is 2.46. The molecule has 2 aliphatic heterocycles. The van der Waals surface area contributed by atoms with E-state index in [4.69, 9.17) is 9.47 Å². The molecule has 1 saturated heterocycles. The number of likely N-dealkylation sites (N-methyl/N-ethyl adjacent to an activating group) is 1. The van der Waals surface area contributed by atoms with E-state index >= 15 is 0 Å². The fourth-order valence-corrected chi connectivity index (χ4v) is 5.05. The SMILES string of the molecule is COc1cc2c(cc1OC)Sc1ccccc1C(N1CCN(C)CC1)C2. The molecule has 5 heteroatoms. The molecule has 0 N–H and O–H groups in total. The Hall–Kier alpha value is -1.69. The van der Waals surface area contributed by atoms with Crippen LogP contribution in [0.15, 0.2) is 46.2 Å². The van der Waals surface area contributed by atoms with Crippen LogP contribution in [0.1, 0.15) is 17.2 Å². The van der Waals surface area contributed by atoms with Crippen molar-refractivity contribution in [3.8, 4) is 11.5 Å². The summed E-state index contributed by atoms with van der Waals surface area (Å²) in [7, 11) is 5.62. The van der Waals surface area contributed by atoms with Gasteiger partial charge in [0.2, 0.25) is 0 Å². The molecule has 0 bridgehead atoms. The molecule has 1 atom stereocenters. The molecular formula is C21H26N2O2S. The highest BCUT2D eigenvalue weighted by molar-refractivity contribution is 7.99. The van der Waals surface area contributed by atoms with Gasteiger partial charge in [0.25, 0.3) is 0 Å². The lowest BCUT2D eigenvalue weighted by Gasteiger charge is -2.38. The van der Waals surface area contributed by atoms with Crippen LogP contribution in [0.4, 0.5) is 0 Å². The lowest BCUT2D eigenvalue weighted by Crippen LogP contribution is -2.46. The normalized spacial score (nSPS) is 20.8. The first-order valence-corrected chi connectivity index (χ1v) is 9.95. The number of methoxy groups -OCH3 is 2. The quantitative estimate of drug-likeness (QED) is 0.820. The molecule has 0 aromatic heterocycles. The average molecular weight is 371 g/mol. The Kier molecular flexibility index (Phi) is 5.11. The van der Waals surface area contributed by atoms with E-state index in [9.17, 15) is 0 Å². The highest BCUT2D eigenvalue weighted by Gasteiger charge is 2.30. The van der Waals surface area contributed by atoms with Crippen LogP contribution in [0.2, 0.25) is 0 Å². The lowest BCUT2D eigenvalue weighted by molar-refractivity contribution is 0.110. The van der Waals surface area contributed by atoms with Crippen LogP contribution >= 0.6 is 11.8 Å². The van der Waals surface area contributed by atoms with Crippen LogP contribution in [0.25, 0.3) is 0 Å². The summed E-state index contributed by atoms with van der Waals surface area (Å²) in [6.07, 6.45) is 1.00. The maximum Gasteiger partial charge on any atom is 0.161 e. The van der Waals surface area contributed by atoms with Gasteiger partial charge in [-0.3, -0.25) is 4.90 Å². The Morgan fingerprint density at radius 2 is 1.62 bits per heavy atom. The van der Waals surface area contributed by atoms with E-state index in [0.717, 1.165) is 44.1 Å². The summed E-state index contributed by atoms with van der Waals surface area (Å²) in [5, 5.41) is 0. The van der Waals surface area contributed by atoms with E-state index in [1.807, 2.05) is 11.8 Å². The summed E-state index contributed by atoms with van der Waals surface area (Å²) >= 11 is 1.85. The molecule has 0 spiro atoms. The molecule has 0 aliphatic carbocycles. The third-order valence-electron chi connectivity index (χ3n) is 5.46. The van der Waals surface area contributed by atoms with Gasteiger partial charge in [-0.15, -0.1) is 0 Å². The minimum atomic E-state index is 0.409. The third-order valence-corrected chi connectivity index (χ3v) is 6.65. The average Bonchev–Trinajstić information content (AvgIpc) is 2.83. The Morgan fingerprint density at radius 1 is 0.923 bits per heavy atom. The molecule has 2 aliphatic rings. The molecule has 2 aromatic carbocycles. The van der Waals surface area contributed by atoms with E-state index in [2.05, 4.69) is 53.2 Å². The van der Waals surface area contributed by atoms with E-state index < -0.39 is 0 Å². The van der Waals surface area contributed by atoms with E-state index in [1.165, 1.54) is 20.9 Å². The van der Waals surface area contributed by atoms with E-state index in [1.54, 1.807) is 14.2 Å². The third kappa shape index (κ3) is 3.31. The van der Waals surface area contributed by atoms with Gasteiger partial charge in [-0.2, -0.15) is 0 Å². The van der Waals surface area contributed by atoms with Gasteiger partial charge in [-0.05, 0) is 42.8 Å². The lowest BCUT2D eigenvalue weighted by atomic mass is 9.96. The van der Waals surface area contributed by atoms with Gasteiger partial charge in [-0.1, -0.05) is 30.0 Å². The van der Waals surface area contributed by atoms with Gasteiger partial charge in [0.05, 0.1) is 14.2 Å². The Morgan fingerprint density at radius 3 is 2.35 bits per heavy atom. The van der Waals surface area contributed by atoms with Crippen molar-refractivity contribution in [1.82, 2.24) is 9.80 Å². The monoisotopic (exact) mass is 370 g/mol. The molecule has 1 unspecified atom stereocenters. The zero-order chi connectivity index (χ0) is 18.1. The van der Waals surface area contributed by atoms with Crippen LogP contribution < -0.4 is 9.47 Å². The van der Waals surface area contributed by atoms with Gasteiger partial charge in [-0.25, -0.2) is 0 Å². The highest BCUT2D eigenvalue weighted by atomic mass is 32.2. The smallest absolute Gasteiger partial charge is 0.161 e. The molecule has 0 saturated carbocycles. The molecule has 0 amide bonds. The topological polar surface area (TPSA) is 24.9 Å². The number of nitrogens with zero attached hydrogens (tertiary/aromatic N) is 2. The Bertz CT molecular complexity index is 788. The van der Waals surface area contributed by atoms with Gasteiger partial charge in [0, 0.05) is 42.0 Å². The fraction of sp³-hybridized carbons (Fsp3) is 0.429. The molecule has 4 rings (SSSR count). The van der Waals surface area contributed by atoms with Crippen LogP contribution in [-0.2, 0) is 6.42 Å². The van der Waals surface area contributed by atoms with Gasteiger partial charge < -0.3 is 14.4 Å². The first kappa shape index (κ1) is 17.7. The van der Waals surface area contributed by atoms with Crippen molar-refractivity contribution in [2.24, 2.45) is 0 Å². The van der Waals surface area contributed by atoms with E-state index in [-0.39, 0.29) is 0 Å². The largest absolute Gasteiger partial charge is 0.493 e. The number of rotatable bonds is 3. The molecule has 138 valence electrons. The van der Waals surface area contributed by atoms with Crippen molar-refractivity contribution in [2.45, 2.75) is 22.3 Å². The summed E-state index contributed by atoms with van der Waals surface area (Å²) in [4.78, 5) is 7.68. The molecule has 1 fully saturated rings. The molecule has 2 aromatic rings. The molecule has 0 radical (unpaired) electrons. The summed E-state index contributed by atoms with van der Waals surface area (Å²) in [6, 6.07) is 13.5. The van der Waals surface area contributed by atoms with Gasteiger partial charge >= 0.3 is 0 Å². The number of benzene rings is 2. The molecule has 2 heterocycles. The zero-order valence-electron chi connectivity index (χ0n) is 15.7. The second-order valence-electron chi connectivity index (χ2n) is 7.01. The van der Waals surface area contributed by atoms with Crippen molar-refractivity contribution in [3.05, 3.63) is 47.5 Å². The maximum absolute atomic E-state index is 5.56. The second kappa shape index (κ2) is 7.51. The van der Waals surface area contributed by atoms with Gasteiger partial charge in [0.1, 0.15) is 0 Å². The number of hydrogen-bond donors (Lipinski definition) is 0. The first-order valence-electron chi connectivity index (χ1n) is 9.14. The van der Waals surface area contributed by atoms with Crippen molar-refractivity contribution in [3.63, 3.8) is 0 Å². The predicted octanol–water partition coefficient (Wildman–Crippen LogP) is 3.70. The number of hydrogen-bond acceptors (Lipinski definition) is 5. The van der Waals surface area contributed by atoms with Crippen molar-refractivity contribution < 1.29 is 9.47 Å². The van der Waals surface area contributed by atoms with Crippen molar-refractivity contribution in [2.75, 3.05) is 47.4 Å². The van der Waals surface area contributed by atoms with Crippen LogP contribution in [0.5, 0.6) is 11.5 Å². The Balaban J connectivity index is 1.76. The summed E-state index contributed by atoms with van der Waals surface area (Å²) in [5.74, 6) is 1.62. The summed E-state index contributed by atoms with van der Waals surface area (Å²) in [6.45, 7) is 4.49. The van der Waals surface area contributed by atoms with Crippen molar-refractivity contribution in [1.29, 1.82) is 0 Å². The first-order chi connectivity index (χ1) is 12.7. The maximum atomic E-state index is 5.56. The van der Waals surface area contributed by atoms with Crippen molar-refractivity contribution >= 4 is 11.8 Å². The summed E-state index contributed by atoms with van der Waals surface area (Å²) < 4.78 is 11.1. The molecular weight excluding hydrogens is 344 g/mol. The number of piperazine rings is 1.